The van der Waals surface area contributed by atoms with Crippen LogP contribution in [0.15, 0.2) is 36.4 Å². The van der Waals surface area contributed by atoms with Crippen molar-refractivity contribution >= 4 is 17.4 Å². The molecule has 2 aromatic rings. The number of ether oxygens (including phenoxy) is 2. The van der Waals surface area contributed by atoms with Crippen LogP contribution in [-0.4, -0.2) is 51.3 Å². The predicted molar refractivity (Wildman–Crippen MR) is 118 cm³/mol. The van der Waals surface area contributed by atoms with Crippen molar-refractivity contribution in [3.63, 3.8) is 0 Å². The topological polar surface area (TPSA) is 54.0 Å². The number of rotatable bonds is 5. The molecule has 1 aliphatic rings. The number of methoxy groups -OCH3 is 2. The molecule has 0 saturated carbocycles. The molecule has 1 fully saturated rings. The lowest BCUT2D eigenvalue weighted by atomic mass is 9.98. The molecule has 2 aromatic carbocycles. The van der Waals surface area contributed by atoms with Gasteiger partial charge in [0.1, 0.15) is 11.5 Å². The third kappa shape index (κ3) is 4.58. The molecule has 0 atom stereocenters. The van der Waals surface area contributed by atoms with Gasteiger partial charge in [0.2, 0.25) is 0 Å². The molecule has 6 nitrogen and oxygen atoms in total. The van der Waals surface area contributed by atoms with Gasteiger partial charge in [-0.3, -0.25) is 0 Å². The molecule has 0 aliphatic carbocycles. The molecule has 6 heteroatoms. The summed E-state index contributed by atoms with van der Waals surface area (Å²) in [5.74, 6) is 1.90. The van der Waals surface area contributed by atoms with Crippen LogP contribution in [0.25, 0.3) is 0 Å². The molecular formula is C23H31N3O3. The van der Waals surface area contributed by atoms with E-state index in [4.69, 9.17) is 9.47 Å². The average Bonchev–Trinajstić information content (AvgIpc) is 2.74. The van der Waals surface area contributed by atoms with Gasteiger partial charge in [0.05, 0.1) is 19.9 Å². The largest absolute Gasteiger partial charge is 0.497 e. The lowest BCUT2D eigenvalue weighted by Gasteiger charge is -2.36. The average molecular weight is 398 g/mol. The second kappa shape index (κ2) is 9.07. The van der Waals surface area contributed by atoms with Crippen LogP contribution in [0.5, 0.6) is 11.5 Å². The van der Waals surface area contributed by atoms with Gasteiger partial charge in [0, 0.05) is 37.9 Å². The van der Waals surface area contributed by atoms with Gasteiger partial charge >= 0.3 is 6.03 Å². The number of nitrogens with zero attached hydrogens (tertiary/aromatic N) is 2. The summed E-state index contributed by atoms with van der Waals surface area (Å²) in [7, 11) is 3.31. The Balaban J connectivity index is 1.67. The first kappa shape index (κ1) is 20.8. The normalized spacial score (nSPS) is 14.1. The first-order valence-corrected chi connectivity index (χ1v) is 10.1. The molecule has 2 amide bonds. The summed E-state index contributed by atoms with van der Waals surface area (Å²) in [6.45, 7) is 9.14. The zero-order valence-corrected chi connectivity index (χ0v) is 18.0. The molecule has 0 bridgehead atoms. The van der Waals surface area contributed by atoms with Crippen LogP contribution in [0, 0.1) is 6.92 Å². The van der Waals surface area contributed by atoms with Crippen LogP contribution in [0.1, 0.15) is 30.9 Å². The number of hydrogen-bond acceptors (Lipinski definition) is 4. The van der Waals surface area contributed by atoms with Gasteiger partial charge in [-0.2, -0.15) is 0 Å². The van der Waals surface area contributed by atoms with Crippen molar-refractivity contribution < 1.29 is 14.3 Å². The van der Waals surface area contributed by atoms with E-state index in [1.54, 1.807) is 14.2 Å². The highest BCUT2D eigenvalue weighted by Crippen LogP contribution is 2.33. The smallest absolute Gasteiger partial charge is 0.321 e. The van der Waals surface area contributed by atoms with Gasteiger partial charge in [0.25, 0.3) is 0 Å². The highest BCUT2D eigenvalue weighted by molar-refractivity contribution is 5.91. The van der Waals surface area contributed by atoms with Crippen molar-refractivity contribution in [2.45, 2.75) is 26.7 Å². The third-order valence-electron chi connectivity index (χ3n) is 5.45. The number of hydrogen-bond donors (Lipinski definition) is 1. The molecular weight excluding hydrogens is 366 g/mol. The minimum Gasteiger partial charge on any atom is -0.497 e. The summed E-state index contributed by atoms with van der Waals surface area (Å²) >= 11 is 0. The van der Waals surface area contributed by atoms with Gasteiger partial charge in [-0.1, -0.05) is 32.0 Å². The van der Waals surface area contributed by atoms with Crippen LogP contribution in [0.2, 0.25) is 0 Å². The molecule has 0 radical (unpaired) electrons. The van der Waals surface area contributed by atoms with E-state index < -0.39 is 0 Å². The maximum atomic E-state index is 12.9. The Bertz CT molecular complexity index is 858. The highest BCUT2D eigenvalue weighted by Gasteiger charge is 2.24. The standard InChI is InChI=1S/C23H31N3O3/c1-16(2)19-8-6-7-17(3)22(19)24-23(27)26-13-11-25(12-14-26)20-10-9-18(28-4)15-21(20)29-5/h6-10,15-16H,11-14H2,1-5H3,(H,24,27). The zero-order valence-electron chi connectivity index (χ0n) is 18.0. The molecule has 0 aromatic heterocycles. The fourth-order valence-corrected chi connectivity index (χ4v) is 3.72. The minimum absolute atomic E-state index is 0.0393. The molecule has 1 aliphatic heterocycles. The van der Waals surface area contributed by atoms with Gasteiger partial charge in [-0.25, -0.2) is 4.79 Å². The molecule has 29 heavy (non-hydrogen) atoms. The molecule has 1 heterocycles. The van der Waals surface area contributed by atoms with Gasteiger partial charge in [-0.15, -0.1) is 0 Å². The van der Waals surface area contributed by atoms with Gasteiger partial charge in [-0.05, 0) is 36.1 Å². The van der Waals surface area contributed by atoms with Crippen LogP contribution >= 0.6 is 0 Å². The Kier molecular flexibility index (Phi) is 6.52. The maximum absolute atomic E-state index is 12.9. The summed E-state index contributed by atoms with van der Waals surface area (Å²) in [6.07, 6.45) is 0. The van der Waals surface area contributed by atoms with E-state index >= 15 is 0 Å². The second-order valence-electron chi connectivity index (χ2n) is 7.64. The Hall–Kier alpha value is -2.89. The van der Waals surface area contributed by atoms with E-state index in [2.05, 4.69) is 30.1 Å². The quantitative estimate of drug-likeness (QED) is 0.808. The number of para-hydroxylation sites is 1. The fourth-order valence-electron chi connectivity index (χ4n) is 3.72. The summed E-state index contributed by atoms with van der Waals surface area (Å²) in [4.78, 5) is 17.0. The van der Waals surface area contributed by atoms with E-state index in [-0.39, 0.29) is 6.03 Å². The van der Waals surface area contributed by atoms with Crippen molar-refractivity contribution in [1.82, 2.24) is 4.90 Å². The number of urea groups is 1. The minimum atomic E-state index is -0.0393. The van der Waals surface area contributed by atoms with Crippen molar-refractivity contribution in [2.75, 3.05) is 50.6 Å². The van der Waals surface area contributed by atoms with E-state index in [9.17, 15) is 4.79 Å². The van der Waals surface area contributed by atoms with Crippen LogP contribution in [-0.2, 0) is 0 Å². The van der Waals surface area contributed by atoms with Crippen LogP contribution in [0.4, 0.5) is 16.2 Å². The Morgan fingerprint density at radius 2 is 1.76 bits per heavy atom. The second-order valence-corrected chi connectivity index (χ2v) is 7.64. The van der Waals surface area contributed by atoms with E-state index in [1.165, 1.54) is 5.56 Å². The lowest BCUT2D eigenvalue weighted by Crippen LogP contribution is -2.50. The number of aryl methyl sites for hydroxylation is 1. The van der Waals surface area contributed by atoms with E-state index in [1.807, 2.05) is 42.2 Å². The molecule has 0 unspecified atom stereocenters. The predicted octanol–water partition coefficient (Wildman–Crippen LogP) is 4.49. The highest BCUT2D eigenvalue weighted by atomic mass is 16.5. The van der Waals surface area contributed by atoms with Gasteiger partial charge < -0.3 is 24.6 Å². The van der Waals surface area contributed by atoms with E-state index in [0.717, 1.165) is 41.5 Å². The maximum Gasteiger partial charge on any atom is 0.321 e. The number of benzene rings is 2. The van der Waals surface area contributed by atoms with Gasteiger partial charge in [0.15, 0.2) is 0 Å². The third-order valence-corrected chi connectivity index (χ3v) is 5.45. The van der Waals surface area contributed by atoms with E-state index in [0.29, 0.717) is 19.0 Å². The number of nitrogens with one attached hydrogen (secondary N) is 1. The molecule has 1 N–H and O–H groups in total. The number of carbonyl (C=O) groups excluding carboxylic acids is 1. The monoisotopic (exact) mass is 397 g/mol. The fraction of sp³-hybridized carbons (Fsp3) is 0.435. The molecule has 1 saturated heterocycles. The van der Waals surface area contributed by atoms with Crippen molar-refractivity contribution in [3.05, 3.63) is 47.5 Å². The molecule has 3 rings (SSSR count). The Morgan fingerprint density at radius 1 is 1.03 bits per heavy atom. The number of amides is 2. The van der Waals surface area contributed by atoms with Crippen LogP contribution < -0.4 is 19.7 Å². The summed E-state index contributed by atoms with van der Waals surface area (Å²) in [6, 6.07) is 12.0. The lowest BCUT2D eigenvalue weighted by molar-refractivity contribution is 0.208. The van der Waals surface area contributed by atoms with Crippen LogP contribution in [0.3, 0.4) is 0 Å². The van der Waals surface area contributed by atoms with Crippen molar-refractivity contribution in [2.24, 2.45) is 0 Å². The first-order chi connectivity index (χ1) is 13.9. The first-order valence-electron chi connectivity index (χ1n) is 10.1. The SMILES string of the molecule is COc1ccc(N2CCN(C(=O)Nc3c(C)cccc3C(C)C)CC2)c(OC)c1. The Labute approximate surface area is 173 Å². The summed E-state index contributed by atoms with van der Waals surface area (Å²) in [5.41, 5.74) is 4.22. The zero-order chi connectivity index (χ0) is 21.0. The number of anilines is 2. The summed E-state index contributed by atoms with van der Waals surface area (Å²) < 4.78 is 10.8. The number of piperazine rings is 1. The van der Waals surface area contributed by atoms with Crippen molar-refractivity contribution in [3.8, 4) is 11.5 Å². The molecule has 0 spiro atoms. The van der Waals surface area contributed by atoms with Crippen molar-refractivity contribution in [1.29, 1.82) is 0 Å². The number of carbonyl (C=O) groups is 1. The molecule has 156 valence electrons. The summed E-state index contributed by atoms with van der Waals surface area (Å²) in [5, 5.41) is 3.15. The Morgan fingerprint density at radius 3 is 2.38 bits per heavy atom.